The van der Waals surface area contributed by atoms with E-state index in [2.05, 4.69) is 5.32 Å². The van der Waals surface area contributed by atoms with Crippen LogP contribution in [0.5, 0.6) is 0 Å². The van der Waals surface area contributed by atoms with E-state index in [0.29, 0.717) is 16.9 Å². The van der Waals surface area contributed by atoms with Gasteiger partial charge in [-0.15, -0.1) is 0 Å². The number of carbonyl (C=O) groups is 1. The normalized spacial score (nSPS) is 9.13. The second-order valence-corrected chi connectivity index (χ2v) is 3.24. The Hall–Kier alpha value is -2.22. The summed E-state index contributed by atoms with van der Waals surface area (Å²) in [5.41, 5.74) is 7.02. The van der Waals surface area contributed by atoms with E-state index < -0.39 is 0 Å². The molecule has 0 fully saturated rings. The quantitative estimate of drug-likeness (QED) is 0.675. The molecule has 0 spiro atoms. The molecule has 78 valence electrons. The number of amides is 2. The third-order valence-corrected chi connectivity index (χ3v) is 1.83. The number of hydrogen-bond donors (Lipinski definition) is 2. The van der Waals surface area contributed by atoms with Crippen molar-refractivity contribution in [1.29, 1.82) is 5.26 Å². The summed E-state index contributed by atoms with van der Waals surface area (Å²) in [7, 11) is 3.27. The lowest BCUT2D eigenvalue weighted by Gasteiger charge is -2.13. The Bertz CT molecular complexity index is 420. The average molecular weight is 204 g/mol. The predicted octanol–water partition coefficient (Wildman–Crippen LogP) is 1.23. The maximum absolute atomic E-state index is 11.3. The van der Waals surface area contributed by atoms with Crippen molar-refractivity contribution < 1.29 is 4.79 Å². The Labute approximate surface area is 88.1 Å². The molecule has 5 nitrogen and oxygen atoms in total. The van der Waals surface area contributed by atoms with Gasteiger partial charge in [0.05, 0.1) is 23.0 Å². The monoisotopic (exact) mass is 204 g/mol. The van der Waals surface area contributed by atoms with E-state index in [-0.39, 0.29) is 6.03 Å². The average Bonchev–Trinajstić information content (AvgIpc) is 2.20. The molecule has 1 aromatic rings. The topological polar surface area (TPSA) is 82.2 Å². The Morgan fingerprint density at radius 2 is 2.20 bits per heavy atom. The van der Waals surface area contributed by atoms with Crippen LogP contribution in [0.4, 0.5) is 16.2 Å². The van der Waals surface area contributed by atoms with E-state index in [4.69, 9.17) is 11.0 Å². The Morgan fingerprint density at radius 3 is 2.67 bits per heavy atom. The third-order valence-electron chi connectivity index (χ3n) is 1.83. The van der Waals surface area contributed by atoms with Crippen LogP contribution >= 0.6 is 0 Å². The highest BCUT2D eigenvalue weighted by molar-refractivity contribution is 5.92. The van der Waals surface area contributed by atoms with Gasteiger partial charge in [-0.3, -0.25) is 0 Å². The number of hydrogen-bond acceptors (Lipinski definition) is 3. The van der Waals surface area contributed by atoms with Crippen LogP contribution in [-0.4, -0.2) is 25.0 Å². The summed E-state index contributed by atoms with van der Waals surface area (Å²) in [5.74, 6) is 0. The molecular weight excluding hydrogens is 192 g/mol. The number of nitriles is 1. The van der Waals surface area contributed by atoms with Crippen LogP contribution in [0.15, 0.2) is 18.2 Å². The minimum atomic E-state index is -0.258. The van der Waals surface area contributed by atoms with Gasteiger partial charge < -0.3 is 16.0 Å². The number of benzene rings is 1. The largest absolute Gasteiger partial charge is 0.397 e. The van der Waals surface area contributed by atoms with E-state index in [1.807, 2.05) is 6.07 Å². The van der Waals surface area contributed by atoms with Crippen molar-refractivity contribution in [1.82, 2.24) is 4.90 Å². The van der Waals surface area contributed by atoms with Crippen molar-refractivity contribution in [2.75, 3.05) is 25.1 Å². The van der Waals surface area contributed by atoms with E-state index in [0.717, 1.165) is 0 Å². The fraction of sp³-hybridized carbons (Fsp3) is 0.200. The predicted molar refractivity (Wildman–Crippen MR) is 58.3 cm³/mol. The van der Waals surface area contributed by atoms with Gasteiger partial charge >= 0.3 is 6.03 Å². The smallest absolute Gasteiger partial charge is 0.321 e. The molecule has 1 rings (SSSR count). The van der Waals surface area contributed by atoms with Gasteiger partial charge in [0, 0.05) is 14.1 Å². The summed E-state index contributed by atoms with van der Waals surface area (Å²) in [6.07, 6.45) is 0. The number of nitrogens with two attached hydrogens (primary N) is 1. The molecule has 0 aliphatic rings. The first-order valence-corrected chi connectivity index (χ1v) is 4.32. The van der Waals surface area contributed by atoms with Crippen molar-refractivity contribution in [2.45, 2.75) is 0 Å². The summed E-state index contributed by atoms with van der Waals surface area (Å²) < 4.78 is 0. The molecular formula is C10H12N4O. The molecule has 0 saturated carbocycles. The molecule has 5 heteroatoms. The minimum Gasteiger partial charge on any atom is -0.397 e. The summed E-state index contributed by atoms with van der Waals surface area (Å²) in [5, 5.41) is 11.2. The van der Waals surface area contributed by atoms with Crippen LogP contribution in [-0.2, 0) is 0 Å². The Balaban J connectivity index is 2.89. The Kier molecular flexibility index (Phi) is 3.13. The van der Waals surface area contributed by atoms with Gasteiger partial charge in [0.15, 0.2) is 0 Å². The van der Waals surface area contributed by atoms with Crippen LogP contribution in [0.1, 0.15) is 5.56 Å². The number of carbonyl (C=O) groups excluding carboxylic acids is 1. The van der Waals surface area contributed by atoms with Gasteiger partial charge in [0.1, 0.15) is 0 Å². The molecule has 0 aliphatic carbocycles. The minimum absolute atomic E-state index is 0.258. The summed E-state index contributed by atoms with van der Waals surface area (Å²) in [6.45, 7) is 0. The molecule has 0 aromatic heterocycles. The van der Waals surface area contributed by atoms with Gasteiger partial charge in [-0.25, -0.2) is 4.79 Å². The van der Waals surface area contributed by atoms with Crippen LogP contribution in [0.25, 0.3) is 0 Å². The maximum atomic E-state index is 11.3. The molecule has 3 N–H and O–H groups in total. The number of nitrogens with one attached hydrogen (secondary N) is 1. The van der Waals surface area contributed by atoms with Crippen molar-refractivity contribution in [3.63, 3.8) is 0 Å². The number of rotatable bonds is 1. The first-order chi connectivity index (χ1) is 7.04. The van der Waals surface area contributed by atoms with Crippen molar-refractivity contribution in [2.24, 2.45) is 0 Å². The summed E-state index contributed by atoms with van der Waals surface area (Å²) >= 11 is 0. The van der Waals surface area contributed by atoms with Gasteiger partial charge in [0.25, 0.3) is 0 Å². The zero-order chi connectivity index (χ0) is 11.4. The second kappa shape index (κ2) is 4.33. The summed E-state index contributed by atoms with van der Waals surface area (Å²) in [4.78, 5) is 12.7. The van der Waals surface area contributed by atoms with Gasteiger partial charge in [-0.1, -0.05) is 0 Å². The molecule has 0 heterocycles. The fourth-order valence-electron chi connectivity index (χ4n) is 0.973. The van der Waals surface area contributed by atoms with E-state index in [1.54, 1.807) is 26.2 Å². The van der Waals surface area contributed by atoms with Gasteiger partial charge in [0.2, 0.25) is 0 Å². The Morgan fingerprint density at radius 1 is 1.53 bits per heavy atom. The summed E-state index contributed by atoms with van der Waals surface area (Å²) in [6, 6.07) is 6.43. The molecule has 0 unspecified atom stereocenters. The van der Waals surface area contributed by atoms with E-state index in [1.165, 1.54) is 11.0 Å². The SMILES string of the molecule is CN(C)C(=O)Nc1ccc(C#N)cc1N. The third kappa shape index (κ3) is 2.61. The van der Waals surface area contributed by atoms with E-state index >= 15 is 0 Å². The molecule has 0 bridgehead atoms. The lowest BCUT2D eigenvalue weighted by molar-refractivity contribution is 0.230. The molecule has 0 atom stereocenters. The lowest BCUT2D eigenvalue weighted by Crippen LogP contribution is -2.27. The van der Waals surface area contributed by atoms with E-state index in [9.17, 15) is 4.79 Å². The van der Waals surface area contributed by atoms with Crippen molar-refractivity contribution in [3.05, 3.63) is 23.8 Å². The maximum Gasteiger partial charge on any atom is 0.321 e. The van der Waals surface area contributed by atoms with Gasteiger partial charge in [-0.05, 0) is 18.2 Å². The lowest BCUT2D eigenvalue weighted by atomic mass is 10.2. The number of nitrogens with zero attached hydrogens (tertiary/aromatic N) is 2. The number of urea groups is 1. The highest BCUT2D eigenvalue weighted by atomic mass is 16.2. The fourth-order valence-corrected chi connectivity index (χ4v) is 0.973. The zero-order valence-electron chi connectivity index (χ0n) is 8.61. The molecule has 15 heavy (non-hydrogen) atoms. The molecule has 1 aromatic carbocycles. The highest BCUT2D eigenvalue weighted by Crippen LogP contribution is 2.19. The second-order valence-electron chi connectivity index (χ2n) is 3.24. The molecule has 0 aliphatic heterocycles. The van der Waals surface area contributed by atoms with Crippen LogP contribution in [0, 0.1) is 11.3 Å². The highest BCUT2D eigenvalue weighted by Gasteiger charge is 2.06. The van der Waals surface area contributed by atoms with Crippen LogP contribution in [0.3, 0.4) is 0 Å². The number of anilines is 2. The van der Waals surface area contributed by atoms with Crippen LogP contribution < -0.4 is 11.1 Å². The van der Waals surface area contributed by atoms with Crippen LogP contribution in [0.2, 0.25) is 0 Å². The van der Waals surface area contributed by atoms with Crippen molar-refractivity contribution in [3.8, 4) is 6.07 Å². The van der Waals surface area contributed by atoms with Crippen molar-refractivity contribution >= 4 is 17.4 Å². The molecule has 0 saturated heterocycles. The molecule has 0 radical (unpaired) electrons. The standard InChI is InChI=1S/C10H12N4O/c1-14(2)10(15)13-9-4-3-7(6-11)5-8(9)12/h3-5H,12H2,1-2H3,(H,13,15). The molecule has 2 amide bonds. The zero-order valence-corrected chi connectivity index (χ0v) is 8.61. The van der Waals surface area contributed by atoms with Gasteiger partial charge in [-0.2, -0.15) is 5.26 Å². The first kappa shape index (κ1) is 10.9. The first-order valence-electron chi connectivity index (χ1n) is 4.32. The number of nitrogen functional groups attached to an aromatic ring is 1.